The van der Waals surface area contributed by atoms with Gasteiger partial charge in [-0.2, -0.15) is 0 Å². The van der Waals surface area contributed by atoms with E-state index in [1.807, 2.05) is 0 Å². The first-order chi connectivity index (χ1) is 7.76. The number of rotatable bonds is 10. The van der Waals surface area contributed by atoms with Gasteiger partial charge >= 0.3 is 0 Å². The van der Waals surface area contributed by atoms with Crippen LogP contribution in [0, 0.1) is 5.41 Å². The molecule has 0 unspecified atom stereocenters. The van der Waals surface area contributed by atoms with Gasteiger partial charge in [0.2, 0.25) is 0 Å². The van der Waals surface area contributed by atoms with Gasteiger partial charge in [-0.3, -0.25) is 0 Å². The van der Waals surface area contributed by atoms with E-state index in [4.69, 9.17) is 4.74 Å². The summed E-state index contributed by atoms with van der Waals surface area (Å²) in [4.78, 5) is 2.46. The predicted octanol–water partition coefficient (Wildman–Crippen LogP) is 1.73. The zero-order chi connectivity index (χ0) is 11.9. The summed E-state index contributed by atoms with van der Waals surface area (Å²) < 4.78 is 5.16. The third kappa shape index (κ3) is 4.81. The minimum atomic E-state index is 0.583. The molecule has 0 radical (unpaired) electrons. The van der Waals surface area contributed by atoms with Crippen LogP contribution in [0.4, 0.5) is 0 Å². The Kier molecular flexibility index (Phi) is 6.32. The lowest BCUT2D eigenvalue weighted by molar-refractivity contribution is 0.171. The molecular weight excluding hydrogens is 200 g/mol. The summed E-state index contributed by atoms with van der Waals surface area (Å²) >= 11 is 0. The van der Waals surface area contributed by atoms with E-state index in [9.17, 15) is 0 Å². The Hall–Kier alpha value is -0.120. The van der Waals surface area contributed by atoms with Crippen molar-refractivity contribution in [1.82, 2.24) is 10.2 Å². The van der Waals surface area contributed by atoms with Crippen molar-refractivity contribution < 1.29 is 4.74 Å². The van der Waals surface area contributed by atoms with Crippen molar-refractivity contribution in [3.8, 4) is 0 Å². The highest BCUT2D eigenvalue weighted by molar-refractivity contribution is 4.94. The Morgan fingerprint density at radius 3 is 2.44 bits per heavy atom. The lowest BCUT2D eigenvalue weighted by atomic mass is 10.0. The smallest absolute Gasteiger partial charge is 0.0468 e. The van der Waals surface area contributed by atoms with E-state index >= 15 is 0 Å². The molecule has 1 saturated carbocycles. The van der Waals surface area contributed by atoms with E-state index in [0.29, 0.717) is 5.41 Å². The van der Waals surface area contributed by atoms with Crippen LogP contribution in [-0.4, -0.2) is 51.3 Å². The maximum Gasteiger partial charge on any atom is 0.0468 e. The van der Waals surface area contributed by atoms with Crippen LogP contribution in [0.3, 0.4) is 0 Å². The number of likely N-dealkylation sites (N-methyl/N-ethyl adjacent to an activating group) is 1. The molecule has 1 aliphatic carbocycles. The van der Waals surface area contributed by atoms with Crippen LogP contribution in [-0.2, 0) is 4.74 Å². The molecular formula is C13H28N2O. The minimum absolute atomic E-state index is 0.583. The van der Waals surface area contributed by atoms with E-state index in [1.165, 1.54) is 32.4 Å². The van der Waals surface area contributed by atoms with Gasteiger partial charge in [-0.05, 0) is 37.8 Å². The van der Waals surface area contributed by atoms with E-state index in [2.05, 4.69) is 24.1 Å². The van der Waals surface area contributed by atoms with Gasteiger partial charge in [-0.25, -0.2) is 0 Å². The van der Waals surface area contributed by atoms with Gasteiger partial charge in [0.1, 0.15) is 0 Å². The number of ether oxygens (including phenoxy) is 1. The molecule has 0 amide bonds. The van der Waals surface area contributed by atoms with Crippen LogP contribution in [0.2, 0.25) is 0 Å². The zero-order valence-electron chi connectivity index (χ0n) is 11.2. The van der Waals surface area contributed by atoms with Crippen LogP contribution in [0.5, 0.6) is 0 Å². The van der Waals surface area contributed by atoms with Gasteiger partial charge in [-0.15, -0.1) is 0 Å². The van der Waals surface area contributed by atoms with Crippen LogP contribution in [0.15, 0.2) is 0 Å². The first-order valence-corrected chi connectivity index (χ1v) is 6.68. The average molecular weight is 228 g/mol. The summed E-state index contributed by atoms with van der Waals surface area (Å²) in [5.41, 5.74) is 0.583. The van der Waals surface area contributed by atoms with Crippen molar-refractivity contribution in [2.24, 2.45) is 5.41 Å². The fraction of sp³-hybridized carbons (Fsp3) is 1.00. The molecule has 1 rings (SSSR count). The van der Waals surface area contributed by atoms with Gasteiger partial charge < -0.3 is 15.0 Å². The third-order valence-electron chi connectivity index (χ3n) is 3.79. The van der Waals surface area contributed by atoms with Crippen LogP contribution in [0.25, 0.3) is 0 Å². The average Bonchev–Trinajstić information content (AvgIpc) is 3.07. The van der Waals surface area contributed by atoms with Crippen LogP contribution in [0.1, 0.15) is 33.1 Å². The highest BCUT2D eigenvalue weighted by atomic mass is 16.5. The molecule has 1 fully saturated rings. The summed E-state index contributed by atoms with van der Waals surface area (Å²) in [7, 11) is 1.80. The Morgan fingerprint density at radius 2 is 1.94 bits per heavy atom. The van der Waals surface area contributed by atoms with Crippen LogP contribution < -0.4 is 5.32 Å². The predicted molar refractivity (Wildman–Crippen MR) is 68.8 cm³/mol. The molecule has 0 bridgehead atoms. The number of nitrogens with zero attached hydrogens (tertiary/aromatic N) is 1. The van der Waals surface area contributed by atoms with E-state index in [1.54, 1.807) is 7.11 Å². The summed E-state index contributed by atoms with van der Waals surface area (Å²) in [6.45, 7) is 11.2. The van der Waals surface area contributed by atoms with Gasteiger partial charge in [0, 0.05) is 33.4 Å². The molecule has 1 N–H and O–H groups in total. The maximum absolute atomic E-state index is 5.16. The SMILES string of the molecule is CCN(CC)CCNCC1(CCOC)CC1. The second kappa shape index (κ2) is 7.25. The molecule has 3 heteroatoms. The van der Waals surface area contributed by atoms with Crippen molar-refractivity contribution in [1.29, 1.82) is 0 Å². The Morgan fingerprint density at radius 1 is 1.25 bits per heavy atom. The molecule has 0 aromatic carbocycles. The summed E-state index contributed by atoms with van der Waals surface area (Å²) in [6, 6.07) is 0. The topological polar surface area (TPSA) is 24.5 Å². The first kappa shape index (κ1) is 13.9. The summed E-state index contributed by atoms with van der Waals surface area (Å²) in [6.07, 6.45) is 3.99. The Labute approximate surface area is 101 Å². The molecule has 1 aliphatic rings. The lowest BCUT2D eigenvalue weighted by Gasteiger charge is -2.20. The van der Waals surface area contributed by atoms with Gasteiger partial charge in [-0.1, -0.05) is 13.8 Å². The highest BCUT2D eigenvalue weighted by Gasteiger charge is 2.41. The molecule has 0 aromatic heterocycles. The van der Waals surface area contributed by atoms with Crippen molar-refractivity contribution in [2.75, 3.05) is 46.4 Å². The number of nitrogens with one attached hydrogen (secondary N) is 1. The van der Waals surface area contributed by atoms with E-state index in [0.717, 1.165) is 26.2 Å². The molecule has 0 atom stereocenters. The molecule has 0 aromatic rings. The minimum Gasteiger partial charge on any atom is -0.385 e. The van der Waals surface area contributed by atoms with Gasteiger partial charge in [0.25, 0.3) is 0 Å². The normalized spacial score (nSPS) is 18.0. The number of methoxy groups -OCH3 is 1. The van der Waals surface area contributed by atoms with Crippen molar-refractivity contribution in [3.05, 3.63) is 0 Å². The monoisotopic (exact) mass is 228 g/mol. The molecule has 96 valence electrons. The Bertz CT molecular complexity index is 177. The van der Waals surface area contributed by atoms with Crippen molar-refractivity contribution in [3.63, 3.8) is 0 Å². The Balaban J connectivity index is 2.02. The second-order valence-corrected chi connectivity index (χ2v) is 4.95. The number of hydrogen-bond acceptors (Lipinski definition) is 3. The fourth-order valence-electron chi connectivity index (χ4n) is 2.14. The third-order valence-corrected chi connectivity index (χ3v) is 3.79. The van der Waals surface area contributed by atoms with Crippen LogP contribution >= 0.6 is 0 Å². The molecule has 16 heavy (non-hydrogen) atoms. The standard InChI is InChI=1S/C13H28N2O/c1-4-15(5-2)10-9-14-12-13(6-7-13)8-11-16-3/h14H,4-12H2,1-3H3. The van der Waals surface area contributed by atoms with Crippen molar-refractivity contribution >= 4 is 0 Å². The maximum atomic E-state index is 5.16. The van der Waals surface area contributed by atoms with Gasteiger partial charge in [0.15, 0.2) is 0 Å². The molecule has 3 nitrogen and oxygen atoms in total. The van der Waals surface area contributed by atoms with E-state index in [-0.39, 0.29) is 0 Å². The van der Waals surface area contributed by atoms with Crippen molar-refractivity contribution in [2.45, 2.75) is 33.1 Å². The summed E-state index contributed by atoms with van der Waals surface area (Å²) in [5.74, 6) is 0. The molecule has 0 spiro atoms. The second-order valence-electron chi connectivity index (χ2n) is 4.95. The molecule has 0 heterocycles. The van der Waals surface area contributed by atoms with E-state index < -0.39 is 0 Å². The number of hydrogen-bond donors (Lipinski definition) is 1. The quantitative estimate of drug-likeness (QED) is 0.576. The highest BCUT2D eigenvalue weighted by Crippen LogP contribution is 2.48. The largest absolute Gasteiger partial charge is 0.385 e. The fourth-order valence-corrected chi connectivity index (χ4v) is 2.14. The van der Waals surface area contributed by atoms with Gasteiger partial charge in [0.05, 0.1) is 0 Å². The summed E-state index contributed by atoms with van der Waals surface area (Å²) in [5, 5.41) is 3.60. The zero-order valence-corrected chi connectivity index (χ0v) is 11.2. The lowest BCUT2D eigenvalue weighted by Crippen LogP contribution is -2.34. The first-order valence-electron chi connectivity index (χ1n) is 6.68. The molecule has 0 saturated heterocycles. The molecule has 0 aliphatic heterocycles.